The average molecular weight is 126 g/mol. The van der Waals surface area contributed by atoms with E-state index in [2.05, 4.69) is 10.3 Å². The highest BCUT2D eigenvalue weighted by atomic mass is 35.5. The van der Waals surface area contributed by atoms with Gasteiger partial charge < -0.3 is 5.11 Å². The number of β-amino-alcohol motifs (C(OH)–C–C–N with tert-alkyl or cyclic N) is 1. The predicted molar refractivity (Wildman–Crippen MR) is 27.2 cm³/mol. The van der Waals surface area contributed by atoms with Crippen molar-refractivity contribution in [1.29, 1.82) is 0 Å². The molecule has 0 bridgehead atoms. The molecule has 0 saturated carbocycles. The molecule has 0 aromatic rings. The maximum Gasteiger partial charge on any atom is 0.0955 e. The number of rotatable bonds is 0. The molecule has 0 aromatic heterocycles. The number of aliphatic hydroxyl groups is 1. The number of hydrogen-bond acceptors (Lipinski definition) is 3. The highest BCUT2D eigenvalue weighted by Crippen LogP contribution is 1.87. The van der Waals surface area contributed by atoms with Gasteiger partial charge in [-0.1, -0.05) is 0 Å². The summed E-state index contributed by atoms with van der Waals surface area (Å²) in [6.07, 6.45) is -0.287. The zero-order valence-corrected chi connectivity index (χ0v) is 4.57. The minimum absolute atomic E-state index is 0. The molecule has 1 aliphatic rings. The van der Waals surface area contributed by atoms with E-state index in [9.17, 15) is 0 Å². The highest BCUT2D eigenvalue weighted by Gasteiger charge is 2.09. The van der Waals surface area contributed by atoms with Crippen LogP contribution < -0.4 is 5.48 Å². The molecule has 2 N–H and O–H groups in total. The molecule has 1 atom stereocenters. The summed E-state index contributed by atoms with van der Waals surface area (Å²) in [6, 6.07) is 0. The molecule has 1 aliphatic heterocycles. The van der Waals surface area contributed by atoms with Gasteiger partial charge in [0.05, 0.1) is 12.7 Å². The monoisotopic (exact) mass is 125 g/mol. The first kappa shape index (κ1) is 7.17. The Hall–Kier alpha value is 0.170. The Morgan fingerprint density at radius 3 is 2.57 bits per heavy atom. The second kappa shape index (κ2) is 3.21. The van der Waals surface area contributed by atoms with Gasteiger partial charge in [0.2, 0.25) is 0 Å². The van der Waals surface area contributed by atoms with E-state index in [0.29, 0.717) is 13.2 Å². The summed E-state index contributed by atoms with van der Waals surface area (Å²) >= 11 is 0. The van der Waals surface area contributed by atoms with Gasteiger partial charge in [0.25, 0.3) is 0 Å². The van der Waals surface area contributed by atoms with Crippen LogP contribution in [0, 0.1) is 0 Å². The predicted octanol–water partition coefficient (Wildman–Crippen LogP) is -0.696. The maximum absolute atomic E-state index is 8.54. The molecular formula is C3H8ClNO2. The zero-order chi connectivity index (χ0) is 4.41. The van der Waals surface area contributed by atoms with Gasteiger partial charge >= 0.3 is 0 Å². The van der Waals surface area contributed by atoms with Crippen molar-refractivity contribution in [3.8, 4) is 0 Å². The van der Waals surface area contributed by atoms with E-state index < -0.39 is 0 Å². The van der Waals surface area contributed by atoms with Crippen LogP contribution >= 0.6 is 12.4 Å². The fraction of sp³-hybridized carbons (Fsp3) is 1.00. The number of nitrogens with one attached hydrogen (secondary N) is 1. The Kier molecular flexibility index (Phi) is 3.29. The largest absolute Gasteiger partial charge is 0.389 e. The summed E-state index contributed by atoms with van der Waals surface area (Å²) in [5.74, 6) is 0. The van der Waals surface area contributed by atoms with Crippen LogP contribution in [0.3, 0.4) is 0 Å². The topological polar surface area (TPSA) is 41.5 Å². The number of hydrogen-bond donors (Lipinski definition) is 2. The SMILES string of the molecule is Cl.O[C@H]1CNOC1. The van der Waals surface area contributed by atoms with Crippen molar-refractivity contribution in [1.82, 2.24) is 5.48 Å². The van der Waals surface area contributed by atoms with Crippen LogP contribution in [-0.2, 0) is 4.84 Å². The highest BCUT2D eigenvalue weighted by molar-refractivity contribution is 5.85. The first-order chi connectivity index (χ1) is 2.89. The van der Waals surface area contributed by atoms with Crippen molar-refractivity contribution < 1.29 is 9.94 Å². The second-order valence-corrected chi connectivity index (χ2v) is 1.31. The van der Waals surface area contributed by atoms with Gasteiger partial charge in [-0.2, -0.15) is 5.48 Å². The zero-order valence-electron chi connectivity index (χ0n) is 3.76. The van der Waals surface area contributed by atoms with Gasteiger partial charge in [-0.05, 0) is 0 Å². The number of hydroxylamine groups is 1. The average Bonchev–Trinajstić information content (AvgIpc) is 1.86. The van der Waals surface area contributed by atoms with Gasteiger partial charge in [0.15, 0.2) is 0 Å². The van der Waals surface area contributed by atoms with Crippen molar-refractivity contribution in [2.75, 3.05) is 13.2 Å². The summed E-state index contributed by atoms with van der Waals surface area (Å²) < 4.78 is 0. The molecule has 44 valence electrons. The fourth-order valence-corrected chi connectivity index (χ4v) is 0.369. The molecule has 1 fully saturated rings. The van der Waals surface area contributed by atoms with Crippen molar-refractivity contribution in [2.24, 2.45) is 0 Å². The van der Waals surface area contributed by atoms with Crippen molar-refractivity contribution >= 4 is 12.4 Å². The molecule has 1 rings (SSSR count). The van der Waals surface area contributed by atoms with Gasteiger partial charge in [0.1, 0.15) is 0 Å². The van der Waals surface area contributed by atoms with Crippen LogP contribution in [-0.4, -0.2) is 24.4 Å². The van der Waals surface area contributed by atoms with E-state index in [1.165, 1.54) is 0 Å². The molecule has 4 heteroatoms. The van der Waals surface area contributed by atoms with E-state index in [1.54, 1.807) is 0 Å². The third kappa shape index (κ3) is 2.09. The van der Waals surface area contributed by atoms with Gasteiger partial charge in [0, 0.05) is 6.54 Å². The van der Waals surface area contributed by atoms with E-state index in [4.69, 9.17) is 5.11 Å². The van der Waals surface area contributed by atoms with Crippen LogP contribution in [0.25, 0.3) is 0 Å². The molecule has 0 unspecified atom stereocenters. The minimum atomic E-state index is -0.287. The smallest absolute Gasteiger partial charge is 0.0955 e. The van der Waals surface area contributed by atoms with Crippen LogP contribution in [0.1, 0.15) is 0 Å². The summed E-state index contributed by atoms with van der Waals surface area (Å²) in [4.78, 5) is 4.56. The standard InChI is InChI=1S/C3H7NO2.ClH/c5-3-1-4-6-2-3;/h3-5H,1-2H2;1H/t3-;/m0./s1. The molecule has 0 spiro atoms. The second-order valence-electron chi connectivity index (χ2n) is 1.31. The molecule has 0 aliphatic carbocycles. The quantitative estimate of drug-likeness (QED) is 0.450. The summed E-state index contributed by atoms with van der Waals surface area (Å²) in [7, 11) is 0. The van der Waals surface area contributed by atoms with E-state index in [1.807, 2.05) is 0 Å². The summed E-state index contributed by atoms with van der Waals surface area (Å²) in [6.45, 7) is 1.00. The van der Waals surface area contributed by atoms with Crippen LogP contribution in [0.15, 0.2) is 0 Å². The maximum atomic E-state index is 8.54. The Morgan fingerprint density at radius 1 is 1.71 bits per heavy atom. The number of halogens is 1. The van der Waals surface area contributed by atoms with Crippen LogP contribution in [0.4, 0.5) is 0 Å². The lowest BCUT2D eigenvalue weighted by molar-refractivity contribution is 0.0792. The van der Waals surface area contributed by atoms with Gasteiger partial charge in [-0.15, -0.1) is 12.4 Å². The molecule has 0 amide bonds. The van der Waals surface area contributed by atoms with Crippen molar-refractivity contribution in [3.63, 3.8) is 0 Å². The lowest BCUT2D eigenvalue weighted by atomic mass is 10.4. The lowest BCUT2D eigenvalue weighted by Crippen LogP contribution is -2.12. The van der Waals surface area contributed by atoms with Crippen LogP contribution in [0.5, 0.6) is 0 Å². The first-order valence-corrected chi connectivity index (χ1v) is 1.92. The molecule has 1 saturated heterocycles. The minimum Gasteiger partial charge on any atom is -0.389 e. The van der Waals surface area contributed by atoms with Crippen molar-refractivity contribution in [3.05, 3.63) is 0 Å². The Morgan fingerprint density at radius 2 is 2.43 bits per heavy atom. The number of aliphatic hydroxyl groups excluding tert-OH is 1. The fourth-order valence-electron chi connectivity index (χ4n) is 0.369. The third-order valence-corrected chi connectivity index (χ3v) is 0.697. The Bertz CT molecular complexity index is 46.2. The van der Waals surface area contributed by atoms with Gasteiger partial charge in [-0.25, -0.2) is 0 Å². The normalized spacial score (nSPS) is 29.6. The molecular weight excluding hydrogens is 117 g/mol. The van der Waals surface area contributed by atoms with Crippen molar-refractivity contribution in [2.45, 2.75) is 6.10 Å². The molecule has 7 heavy (non-hydrogen) atoms. The Balaban J connectivity index is 0.000000360. The molecule has 3 nitrogen and oxygen atoms in total. The van der Waals surface area contributed by atoms with E-state index in [-0.39, 0.29) is 18.5 Å². The van der Waals surface area contributed by atoms with E-state index in [0.717, 1.165) is 0 Å². The Labute approximate surface area is 48.0 Å². The lowest BCUT2D eigenvalue weighted by Gasteiger charge is -1.87. The molecule has 0 aromatic carbocycles. The van der Waals surface area contributed by atoms with Crippen LogP contribution in [0.2, 0.25) is 0 Å². The van der Waals surface area contributed by atoms with Gasteiger partial charge in [-0.3, -0.25) is 4.84 Å². The molecule has 1 heterocycles. The molecule has 0 radical (unpaired) electrons. The van der Waals surface area contributed by atoms with E-state index >= 15 is 0 Å². The third-order valence-electron chi connectivity index (χ3n) is 0.697. The summed E-state index contributed by atoms with van der Waals surface area (Å²) in [5.41, 5.74) is 2.52. The first-order valence-electron chi connectivity index (χ1n) is 1.92. The summed E-state index contributed by atoms with van der Waals surface area (Å²) in [5, 5.41) is 8.54.